The first-order valence-electron chi connectivity index (χ1n) is 9.84. The first-order valence-corrected chi connectivity index (χ1v) is 11.3. The Morgan fingerprint density at radius 1 is 0.967 bits per heavy atom. The van der Waals surface area contributed by atoms with E-state index >= 15 is 0 Å². The smallest absolute Gasteiger partial charge is 0.243 e. The fourth-order valence-electron chi connectivity index (χ4n) is 3.36. The number of aryl methyl sites for hydroxylation is 1. The lowest BCUT2D eigenvalue weighted by Gasteiger charge is -2.26. The molecular weight excluding hydrogens is 408 g/mol. The van der Waals surface area contributed by atoms with E-state index in [1.54, 1.807) is 24.3 Å². The molecule has 30 heavy (non-hydrogen) atoms. The van der Waals surface area contributed by atoms with Crippen LogP contribution in [0.25, 0.3) is 0 Å². The summed E-state index contributed by atoms with van der Waals surface area (Å²) in [6.07, 6.45) is 0.852. The van der Waals surface area contributed by atoms with Crippen LogP contribution in [0.4, 0.5) is 0 Å². The van der Waals surface area contributed by atoms with E-state index in [0.29, 0.717) is 57.2 Å². The fourth-order valence-corrected chi connectivity index (χ4v) is 4.77. The molecule has 1 N–H and O–H groups in total. The van der Waals surface area contributed by atoms with Crippen LogP contribution in [0.15, 0.2) is 47.4 Å². The summed E-state index contributed by atoms with van der Waals surface area (Å²) in [5.74, 6) is 1.33. The molecule has 9 heteroatoms. The van der Waals surface area contributed by atoms with Crippen molar-refractivity contribution in [1.82, 2.24) is 9.62 Å². The molecule has 2 heterocycles. The molecule has 2 aromatic carbocycles. The van der Waals surface area contributed by atoms with Crippen molar-refractivity contribution in [2.24, 2.45) is 0 Å². The second kappa shape index (κ2) is 9.03. The molecule has 0 spiro atoms. The number of fused-ring (bicyclic) bond motifs is 1. The second-order valence-electron chi connectivity index (χ2n) is 7.12. The number of nitrogens with zero attached hydrogens (tertiary/aromatic N) is 1. The van der Waals surface area contributed by atoms with Crippen LogP contribution in [0.5, 0.6) is 11.5 Å². The Kier molecular flexibility index (Phi) is 6.21. The molecule has 1 amide bonds. The summed E-state index contributed by atoms with van der Waals surface area (Å²) in [5, 5.41) is 2.89. The molecule has 0 bridgehead atoms. The van der Waals surface area contributed by atoms with Gasteiger partial charge in [-0.2, -0.15) is 4.31 Å². The molecule has 0 saturated carbocycles. The third-order valence-corrected chi connectivity index (χ3v) is 7.01. The highest BCUT2D eigenvalue weighted by Gasteiger charge is 2.26. The Balaban J connectivity index is 1.27. The summed E-state index contributed by atoms with van der Waals surface area (Å²) in [6, 6.07) is 12.3. The molecule has 0 atom stereocenters. The van der Waals surface area contributed by atoms with Gasteiger partial charge in [0.15, 0.2) is 11.5 Å². The molecule has 0 aliphatic carbocycles. The Morgan fingerprint density at radius 3 is 2.43 bits per heavy atom. The molecule has 0 radical (unpaired) electrons. The molecule has 2 aromatic rings. The van der Waals surface area contributed by atoms with Gasteiger partial charge in [-0.15, -0.1) is 0 Å². The Bertz CT molecular complexity index is 1000. The van der Waals surface area contributed by atoms with Crippen molar-refractivity contribution < 1.29 is 27.4 Å². The zero-order valence-electron chi connectivity index (χ0n) is 16.5. The van der Waals surface area contributed by atoms with Crippen LogP contribution in [0.1, 0.15) is 17.5 Å². The van der Waals surface area contributed by atoms with Crippen molar-refractivity contribution in [3.8, 4) is 11.5 Å². The average molecular weight is 432 g/mol. The quantitative estimate of drug-likeness (QED) is 0.716. The SMILES string of the molecule is O=C(CCc1ccc(S(=O)(=O)N2CCOCC2)cc1)NCc1ccc2c(c1)OCO2. The molecule has 2 aliphatic heterocycles. The van der Waals surface area contributed by atoms with Gasteiger partial charge in [-0.05, 0) is 41.8 Å². The predicted octanol–water partition coefficient (Wildman–Crippen LogP) is 1.69. The summed E-state index contributed by atoms with van der Waals surface area (Å²) < 4.78 is 42.6. The first kappa shape index (κ1) is 20.6. The maximum absolute atomic E-state index is 12.6. The number of nitrogens with one attached hydrogen (secondary N) is 1. The highest BCUT2D eigenvalue weighted by atomic mass is 32.2. The number of carbonyl (C=O) groups is 1. The van der Waals surface area contributed by atoms with E-state index in [9.17, 15) is 13.2 Å². The van der Waals surface area contributed by atoms with Gasteiger partial charge in [0.25, 0.3) is 0 Å². The number of hydrogen-bond donors (Lipinski definition) is 1. The second-order valence-corrected chi connectivity index (χ2v) is 9.06. The van der Waals surface area contributed by atoms with Crippen LogP contribution in [0, 0.1) is 0 Å². The van der Waals surface area contributed by atoms with Crippen molar-refractivity contribution in [2.45, 2.75) is 24.3 Å². The van der Waals surface area contributed by atoms with Crippen molar-refractivity contribution in [3.63, 3.8) is 0 Å². The summed E-state index contributed by atoms with van der Waals surface area (Å²) in [5.41, 5.74) is 1.85. The van der Waals surface area contributed by atoms with Crippen molar-refractivity contribution in [3.05, 3.63) is 53.6 Å². The number of ether oxygens (including phenoxy) is 3. The Labute approximate surface area is 175 Å². The summed E-state index contributed by atoms with van der Waals surface area (Å²) in [6.45, 7) is 2.20. The van der Waals surface area contributed by atoms with Gasteiger partial charge in [-0.3, -0.25) is 4.79 Å². The number of sulfonamides is 1. The lowest BCUT2D eigenvalue weighted by molar-refractivity contribution is -0.121. The first-order chi connectivity index (χ1) is 14.5. The van der Waals surface area contributed by atoms with Gasteiger partial charge in [-0.25, -0.2) is 8.42 Å². The van der Waals surface area contributed by atoms with E-state index in [4.69, 9.17) is 14.2 Å². The number of morpholine rings is 1. The number of benzene rings is 2. The average Bonchev–Trinajstić information content (AvgIpc) is 3.25. The van der Waals surface area contributed by atoms with Gasteiger partial charge in [0.2, 0.25) is 22.7 Å². The molecule has 8 nitrogen and oxygen atoms in total. The van der Waals surface area contributed by atoms with Gasteiger partial charge in [-0.1, -0.05) is 18.2 Å². The van der Waals surface area contributed by atoms with E-state index in [2.05, 4.69) is 5.32 Å². The highest BCUT2D eigenvalue weighted by Crippen LogP contribution is 2.32. The Morgan fingerprint density at radius 2 is 1.67 bits per heavy atom. The molecule has 1 fully saturated rings. The van der Waals surface area contributed by atoms with Crippen LogP contribution in [0.3, 0.4) is 0 Å². The zero-order valence-corrected chi connectivity index (χ0v) is 17.3. The molecule has 1 saturated heterocycles. The minimum atomic E-state index is -3.50. The molecule has 160 valence electrons. The van der Waals surface area contributed by atoms with E-state index in [1.807, 2.05) is 18.2 Å². The number of carbonyl (C=O) groups excluding carboxylic acids is 1. The lowest BCUT2D eigenvalue weighted by Crippen LogP contribution is -2.40. The molecule has 0 unspecified atom stereocenters. The minimum absolute atomic E-state index is 0.0716. The van der Waals surface area contributed by atoms with Crippen LogP contribution in [0.2, 0.25) is 0 Å². The number of rotatable bonds is 7. The number of amides is 1. The number of hydrogen-bond acceptors (Lipinski definition) is 6. The van der Waals surface area contributed by atoms with E-state index in [0.717, 1.165) is 11.1 Å². The van der Waals surface area contributed by atoms with Gasteiger partial charge in [0, 0.05) is 26.1 Å². The third-order valence-electron chi connectivity index (χ3n) is 5.10. The maximum atomic E-state index is 12.6. The van der Waals surface area contributed by atoms with E-state index < -0.39 is 10.0 Å². The molecule has 2 aliphatic rings. The Hall–Kier alpha value is -2.62. The predicted molar refractivity (Wildman–Crippen MR) is 109 cm³/mol. The molecule has 4 rings (SSSR count). The normalized spacial score (nSPS) is 16.4. The summed E-state index contributed by atoms with van der Waals surface area (Å²) in [4.78, 5) is 12.4. The fraction of sp³-hybridized carbons (Fsp3) is 0.381. The van der Waals surface area contributed by atoms with Crippen LogP contribution < -0.4 is 14.8 Å². The van der Waals surface area contributed by atoms with Crippen molar-refractivity contribution in [1.29, 1.82) is 0 Å². The van der Waals surface area contributed by atoms with E-state index in [-0.39, 0.29) is 17.6 Å². The lowest BCUT2D eigenvalue weighted by atomic mass is 10.1. The van der Waals surface area contributed by atoms with Crippen LogP contribution in [-0.2, 0) is 32.5 Å². The largest absolute Gasteiger partial charge is 0.454 e. The van der Waals surface area contributed by atoms with Crippen molar-refractivity contribution >= 4 is 15.9 Å². The summed E-state index contributed by atoms with van der Waals surface area (Å²) in [7, 11) is -3.50. The van der Waals surface area contributed by atoms with Gasteiger partial charge < -0.3 is 19.5 Å². The van der Waals surface area contributed by atoms with Crippen LogP contribution >= 0.6 is 0 Å². The molecule has 0 aromatic heterocycles. The van der Waals surface area contributed by atoms with E-state index in [1.165, 1.54) is 4.31 Å². The van der Waals surface area contributed by atoms with Gasteiger partial charge >= 0.3 is 0 Å². The van der Waals surface area contributed by atoms with Gasteiger partial charge in [0.05, 0.1) is 18.1 Å². The summed E-state index contributed by atoms with van der Waals surface area (Å²) >= 11 is 0. The van der Waals surface area contributed by atoms with Gasteiger partial charge in [0.1, 0.15) is 0 Å². The van der Waals surface area contributed by atoms with Crippen LogP contribution in [-0.4, -0.2) is 51.7 Å². The third kappa shape index (κ3) is 4.75. The monoisotopic (exact) mass is 432 g/mol. The highest BCUT2D eigenvalue weighted by molar-refractivity contribution is 7.89. The standard InChI is InChI=1S/C21H24N2O6S/c24-21(22-14-17-3-7-19-20(13-17)29-15-28-19)8-4-16-1-5-18(6-2-16)30(25,26)23-9-11-27-12-10-23/h1-3,5-7,13H,4,8-12,14-15H2,(H,22,24). The minimum Gasteiger partial charge on any atom is -0.454 e. The maximum Gasteiger partial charge on any atom is 0.243 e. The topological polar surface area (TPSA) is 94.2 Å². The zero-order chi connectivity index (χ0) is 21.0. The molecular formula is C21H24N2O6S. The van der Waals surface area contributed by atoms with Crippen molar-refractivity contribution in [2.75, 3.05) is 33.1 Å².